The normalized spacial score (nSPS) is 15.3. The third-order valence-electron chi connectivity index (χ3n) is 2.04. The van der Waals surface area contributed by atoms with Crippen molar-refractivity contribution < 1.29 is 26.1 Å². The first-order valence-corrected chi connectivity index (χ1v) is 6.23. The SMILES string of the molecule is CCCCCCC(C(F)(F)F)S(=O)(=O)O. The number of rotatable bonds is 6. The molecule has 0 aliphatic rings. The van der Waals surface area contributed by atoms with E-state index in [0.29, 0.717) is 6.42 Å². The van der Waals surface area contributed by atoms with Crippen molar-refractivity contribution in [3.8, 4) is 0 Å². The first-order chi connectivity index (χ1) is 6.69. The Hall–Kier alpha value is -0.300. The van der Waals surface area contributed by atoms with Crippen molar-refractivity contribution in [2.24, 2.45) is 0 Å². The molecule has 7 heteroatoms. The van der Waals surface area contributed by atoms with E-state index in [1.165, 1.54) is 0 Å². The average Bonchev–Trinajstić information content (AvgIpc) is 1.99. The second-order valence-corrected chi connectivity index (χ2v) is 4.99. The summed E-state index contributed by atoms with van der Waals surface area (Å²) in [7, 11) is -5.03. The van der Waals surface area contributed by atoms with Gasteiger partial charge in [0.05, 0.1) is 0 Å². The van der Waals surface area contributed by atoms with E-state index < -0.39 is 28.0 Å². The Morgan fingerprint density at radius 2 is 1.73 bits per heavy atom. The Labute approximate surface area is 87.4 Å². The number of halogens is 3. The van der Waals surface area contributed by atoms with Gasteiger partial charge in [-0.15, -0.1) is 0 Å². The molecule has 1 unspecified atom stereocenters. The minimum atomic E-state index is -5.03. The van der Waals surface area contributed by atoms with Gasteiger partial charge in [-0.3, -0.25) is 4.55 Å². The van der Waals surface area contributed by atoms with Crippen LogP contribution >= 0.6 is 0 Å². The smallest absolute Gasteiger partial charge is 0.285 e. The highest BCUT2D eigenvalue weighted by Crippen LogP contribution is 2.29. The van der Waals surface area contributed by atoms with Crippen molar-refractivity contribution in [1.29, 1.82) is 0 Å². The molecule has 0 bridgehead atoms. The minimum Gasteiger partial charge on any atom is -0.285 e. The number of unbranched alkanes of at least 4 members (excludes halogenated alkanes) is 3. The van der Waals surface area contributed by atoms with E-state index in [1.807, 2.05) is 6.92 Å². The Morgan fingerprint density at radius 1 is 1.20 bits per heavy atom. The van der Waals surface area contributed by atoms with Crippen molar-refractivity contribution in [3.63, 3.8) is 0 Å². The van der Waals surface area contributed by atoms with E-state index in [0.717, 1.165) is 12.8 Å². The van der Waals surface area contributed by atoms with Gasteiger partial charge in [0.2, 0.25) is 0 Å². The van der Waals surface area contributed by atoms with Crippen LogP contribution in [0, 0.1) is 0 Å². The highest BCUT2D eigenvalue weighted by atomic mass is 32.2. The van der Waals surface area contributed by atoms with Gasteiger partial charge in [-0.05, 0) is 6.42 Å². The van der Waals surface area contributed by atoms with Gasteiger partial charge in [0.15, 0.2) is 5.25 Å². The van der Waals surface area contributed by atoms with E-state index in [2.05, 4.69) is 0 Å². The fourth-order valence-electron chi connectivity index (χ4n) is 1.24. The lowest BCUT2D eigenvalue weighted by Crippen LogP contribution is -2.36. The van der Waals surface area contributed by atoms with Crippen LogP contribution in [-0.2, 0) is 10.1 Å². The van der Waals surface area contributed by atoms with Gasteiger partial charge in [0.1, 0.15) is 0 Å². The van der Waals surface area contributed by atoms with Crippen LogP contribution in [0.1, 0.15) is 39.0 Å². The molecule has 15 heavy (non-hydrogen) atoms. The molecule has 0 fully saturated rings. The van der Waals surface area contributed by atoms with Gasteiger partial charge in [0.25, 0.3) is 10.1 Å². The molecule has 0 saturated heterocycles. The lowest BCUT2D eigenvalue weighted by atomic mass is 10.1. The topological polar surface area (TPSA) is 54.4 Å². The number of hydrogen-bond donors (Lipinski definition) is 1. The molecule has 0 heterocycles. The molecular weight excluding hydrogens is 233 g/mol. The molecule has 1 N–H and O–H groups in total. The van der Waals surface area contributed by atoms with Gasteiger partial charge < -0.3 is 0 Å². The molecule has 0 spiro atoms. The third-order valence-corrected chi connectivity index (χ3v) is 3.27. The summed E-state index contributed by atoms with van der Waals surface area (Å²) in [4.78, 5) is 0. The molecule has 0 aliphatic heterocycles. The molecule has 0 aromatic carbocycles. The zero-order valence-electron chi connectivity index (χ0n) is 8.42. The molecule has 1 atom stereocenters. The predicted octanol–water partition coefficient (Wildman–Crippen LogP) is 2.78. The van der Waals surface area contributed by atoms with Gasteiger partial charge in [-0.2, -0.15) is 21.6 Å². The number of alkyl halides is 3. The van der Waals surface area contributed by atoms with Crippen LogP contribution in [-0.4, -0.2) is 24.4 Å². The second-order valence-electron chi connectivity index (χ2n) is 3.39. The molecule has 0 aromatic rings. The number of hydrogen-bond acceptors (Lipinski definition) is 2. The van der Waals surface area contributed by atoms with Crippen LogP contribution in [0.15, 0.2) is 0 Å². The fraction of sp³-hybridized carbons (Fsp3) is 1.00. The largest absolute Gasteiger partial charge is 0.407 e. The second kappa shape index (κ2) is 5.69. The quantitative estimate of drug-likeness (QED) is 0.581. The summed E-state index contributed by atoms with van der Waals surface area (Å²) in [5.74, 6) is 0. The minimum absolute atomic E-state index is 0.151. The zero-order chi connectivity index (χ0) is 12.1. The van der Waals surface area contributed by atoms with Gasteiger partial charge in [0, 0.05) is 0 Å². The monoisotopic (exact) mass is 248 g/mol. The highest BCUT2D eigenvalue weighted by Gasteiger charge is 2.47. The zero-order valence-corrected chi connectivity index (χ0v) is 9.24. The summed E-state index contributed by atoms with van der Waals surface area (Å²) in [6.45, 7) is 1.89. The molecule has 0 radical (unpaired) electrons. The molecule has 0 rings (SSSR count). The fourth-order valence-corrected chi connectivity index (χ4v) is 2.04. The first kappa shape index (κ1) is 14.7. The lowest BCUT2D eigenvalue weighted by molar-refractivity contribution is -0.132. The Bertz CT molecular complexity index is 271. The summed E-state index contributed by atoms with van der Waals surface area (Å²) in [6, 6.07) is 0. The Kier molecular flexibility index (Phi) is 5.58. The molecule has 0 amide bonds. The van der Waals surface area contributed by atoms with Gasteiger partial charge >= 0.3 is 6.18 Å². The molecule has 92 valence electrons. The molecule has 3 nitrogen and oxygen atoms in total. The van der Waals surface area contributed by atoms with Crippen LogP contribution in [0.5, 0.6) is 0 Å². The van der Waals surface area contributed by atoms with E-state index in [4.69, 9.17) is 4.55 Å². The van der Waals surface area contributed by atoms with Crippen molar-refractivity contribution in [1.82, 2.24) is 0 Å². The maximum atomic E-state index is 12.2. The third kappa shape index (κ3) is 5.99. The van der Waals surface area contributed by atoms with Crippen molar-refractivity contribution >= 4 is 10.1 Å². The summed E-state index contributed by atoms with van der Waals surface area (Å²) >= 11 is 0. The van der Waals surface area contributed by atoms with E-state index in [9.17, 15) is 21.6 Å². The molecule has 0 aliphatic carbocycles. The van der Waals surface area contributed by atoms with Gasteiger partial charge in [-0.1, -0.05) is 32.6 Å². The van der Waals surface area contributed by atoms with Crippen molar-refractivity contribution in [2.45, 2.75) is 50.5 Å². The van der Waals surface area contributed by atoms with Crippen LogP contribution in [0.4, 0.5) is 13.2 Å². The Balaban J connectivity index is 4.30. The van der Waals surface area contributed by atoms with Crippen LogP contribution < -0.4 is 0 Å². The van der Waals surface area contributed by atoms with Crippen molar-refractivity contribution in [2.75, 3.05) is 0 Å². The van der Waals surface area contributed by atoms with E-state index in [1.54, 1.807) is 0 Å². The molecule has 0 saturated carbocycles. The average molecular weight is 248 g/mol. The molecule has 0 aromatic heterocycles. The van der Waals surface area contributed by atoms with Crippen LogP contribution in [0.25, 0.3) is 0 Å². The summed E-state index contributed by atoms with van der Waals surface area (Å²) in [6.07, 6.45) is -3.16. The maximum absolute atomic E-state index is 12.2. The van der Waals surface area contributed by atoms with Crippen LogP contribution in [0.2, 0.25) is 0 Å². The summed E-state index contributed by atoms with van der Waals surface area (Å²) < 4.78 is 65.9. The van der Waals surface area contributed by atoms with Crippen LogP contribution in [0.3, 0.4) is 0 Å². The van der Waals surface area contributed by atoms with Crippen molar-refractivity contribution in [3.05, 3.63) is 0 Å². The Morgan fingerprint density at radius 3 is 2.07 bits per heavy atom. The van der Waals surface area contributed by atoms with E-state index in [-0.39, 0.29) is 6.42 Å². The summed E-state index contributed by atoms with van der Waals surface area (Å²) in [5, 5.41) is -2.64. The molecular formula is C8H15F3O3S. The lowest BCUT2D eigenvalue weighted by Gasteiger charge is -2.16. The van der Waals surface area contributed by atoms with E-state index >= 15 is 0 Å². The predicted molar refractivity (Wildman–Crippen MR) is 50.2 cm³/mol. The highest BCUT2D eigenvalue weighted by molar-refractivity contribution is 7.86. The first-order valence-electron chi connectivity index (χ1n) is 4.72. The summed E-state index contributed by atoms with van der Waals surface area (Å²) in [5.41, 5.74) is 0. The maximum Gasteiger partial charge on any atom is 0.407 e. The standard InChI is InChI=1S/C8H15F3O3S/c1-2-3-4-5-6-7(8(9,10)11)15(12,13)14/h7H,2-6H2,1H3,(H,12,13,14). The van der Waals surface area contributed by atoms with Gasteiger partial charge in [-0.25, -0.2) is 0 Å².